The van der Waals surface area contributed by atoms with E-state index in [1.165, 1.54) is 0 Å². The first-order chi connectivity index (χ1) is 9.16. The Kier molecular flexibility index (Phi) is 4.18. The van der Waals surface area contributed by atoms with Gasteiger partial charge in [-0.15, -0.1) is 0 Å². The van der Waals surface area contributed by atoms with E-state index in [0.717, 1.165) is 5.76 Å². The zero-order valence-corrected chi connectivity index (χ0v) is 11.0. The molecule has 2 aromatic rings. The van der Waals surface area contributed by atoms with Gasteiger partial charge >= 0.3 is 0 Å². The second-order valence-corrected chi connectivity index (χ2v) is 4.46. The van der Waals surface area contributed by atoms with Crippen molar-refractivity contribution in [3.8, 4) is 0 Å². The van der Waals surface area contributed by atoms with Crippen molar-refractivity contribution in [2.24, 2.45) is 0 Å². The normalized spacial score (nSPS) is 10.5. The lowest BCUT2D eigenvalue weighted by atomic mass is 10.2. The lowest BCUT2D eigenvalue weighted by molar-refractivity contribution is 0.0948. The van der Waals surface area contributed by atoms with Crippen molar-refractivity contribution >= 4 is 11.7 Å². The average molecular weight is 259 g/mol. The van der Waals surface area contributed by atoms with Gasteiger partial charge < -0.3 is 15.1 Å². The number of nitrogens with zero attached hydrogens (tertiary/aromatic N) is 1. The van der Waals surface area contributed by atoms with Gasteiger partial charge in [0.1, 0.15) is 11.6 Å². The molecule has 0 saturated carbocycles. The summed E-state index contributed by atoms with van der Waals surface area (Å²) in [5, 5.41) is 5.95. The maximum Gasteiger partial charge on any atom is 0.255 e. The SMILES string of the molecule is CC(C)Nc1ncccc1C(=O)NCc1ccco1. The van der Waals surface area contributed by atoms with Gasteiger partial charge in [0.25, 0.3) is 5.91 Å². The Morgan fingerprint density at radius 2 is 2.21 bits per heavy atom. The molecule has 0 atom stereocenters. The fourth-order valence-corrected chi connectivity index (χ4v) is 1.65. The zero-order chi connectivity index (χ0) is 13.7. The highest BCUT2D eigenvalue weighted by molar-refractivity contribution is 5.98. The van der Waals surface area contributed by atoms with Gasteiger partial charge in [-0.1, -0.05) is 0 Å². The third-order valence-electron chi connectivity index (χ3n) is 2.48. The van der Waals surface area contributed by atoms with Gasteiger partial charge in [-0.05, 0) is 38.1 Å². The highest BCUT2D eigenvalue weighted by atomic mass is 16.3. The van der Waals surface area contributed by atoms with Crippen molar-refractivity contribution in [1.82, 2.24) is 10.3 Å². The summed E-state index contributed by atoms with van der Waals surface area (Å²) in [6.45, 7) is 4.36. The van der Waals surface area contributed by atoms with Gasteiger partial charge in [0.15, 0.2) is 0 Å². The Labute approximate surface area is 112 Å². The molecule has 0 aliphatic carbocycles. The molecule has 2 heterocycles. The summed E-state index contributed by atoms with van der Waals surface area (Å²) < 4.78 is 5.17. The van der Waals surface area contributed by atoms with E-state index in [2.05, 4.69) is 15.6 Å². The summed E-state index contributed by atoms with van der Waals surface area (Å²) in [6, 6.07) is 7.31. The number of hydrogen-bond acceptors (Lipinski definition) is 4. The van der Waals surface area contributed by atoms with Crippen molar-refractivity contribution in [3.05, 3.63) is 48.0 Å². The largest absolute Gasteiger partial charge is 0.467 e. The number of carbonyl (C=O) groups is 1. The van der Waals surface area contributed by atoms with Crippen LogP contribution in [-0.4, -0.2) is 16.9 Å². The predicted molar refractivity (Wildman–Crippen MR) is 72.9 cm³/mol. The summed E-state index contributed by atoms with van der Waals surface area (Å²) in [6.07, 6.45) is 3.24. The molecule has 0 fully saturated rings. The van der Waals surface area contributed by atoms with Gasteiger partial charge in [-0.3, -0.25) is 4.79 Å². The van der Waals surface area contributed by atoms with Crippen LogP contribution in [-0.2, 0) is 6.54 Å². The van der Waals surface area contributed by atoms with Crippen LogP contribution in [0, 0.1) is 0 Å². The molecule has 5 heteroatoms. The van der Waals surface area contributed by atoms with Crippen molar-refractivity contribution in [2.75, 3.05) is 5.32 Å². The molecule has 5 nitrogen and oxygen atoms in total. The van der Waals surface area contributed by atoms with Crippen molar-refractivity contribution in [1.29, 1.82) is 0 Å². The van der Waals surface area contributed by atoms with E-state index in [1.54, 1.807) is 30.7 Å². The molecule has 2 N–H and O–H groups in total. The molecule has 1 amide bonds. The van der Waals surface area contributed by atoms with Crippen LogP contribution in [0.1, 0.15) is 30.0 Å². The van der Waals surface area contributed by atoms with Crippen LogP contribution in [0.5, 0.6) is 0 Å². The minimum absolute atomic E-state index is 0.173. The standard InChI is InChI=1S/C14H17N3O2/c1-10(2)17-13-12(6-3-7-15-13)14(18)16-9-11-5-4-8-19-11/h3-8,10H,9H2,1-2H3,(H,15,17)(H,16,18). The molecular formula is C14H17N3O2. The molecule has 0 aliphatic rings. The number of hydrogen-bond donors (Lipinski definition) is 2. The fourth-order valence-electron chi connectivity index (χ4n) is 1.65. The Bertz CT molecular complexity index is 535. The topological polar surface area (TPSA) is 67.2 Å². The summed E-state index contributed by atoms with van der Waals surface area (Å²) in [7, 11) is 0. The molecule has 100 valence electrons. The van der Waals surface area contributed by atoms with Crippen LogP contribution in [0.2, 0.25) is 0 Å². The van der Waals surface area contributed by atoms with Crippen LogP contribution in [0.3, 0.4) is 0 Å². The van der Waals surface area contributed by atoms with Crippen LogP contribution < -0.4 is 10.6 Å². The quantitative estimate of drug-likeness (QED) is 0.865. The number of aromatic nitrogens is 1. The smallest absolute Gasteiger partial charge is 0.255 e. The predicted octanol–water partition coefficient (Wildman–Crippen LogP) is 2.42. The summed E-state index contributed by atoms with van der Waals surface area (Å²) in [5.74, 6) is 1.14. The van der Waals surface area contributed by atoms with E-state index in [4.69, 9.17) is 4.42 Å². The third-order valence-corrected chi connectivity index (χ3v) is 2.48. The minimum atomic E-state index is -0.173. The monoisotopic (exact) mass is 259 g/mol. The number of anilines is 1. The van der Waals surface area contributed by atoms with Gasteiger partial charge in [0.05, 0.1) is 18.4 Å². The number of furan rings is 1. The van der Waals surface area contributed by atoms with Crippen molar-refractivity contribution in [3.63, 3.8) is 0 Å². The van der Waals surface area contributed by atoms with E-state index in [0.29, 0.717) is 17.9 Å². The second-order valence-electron chi connectivity index (χ2n) is 4.46. The number of rotatable bonds is 5. The molecule has 0 unspecified atom stereocenters. The van der Waals surface area contributed by atoms with Crippen LogP contribution in [0.15, 0.2) is 41.1 Å². The molecule has 19 heavy (non-hydrogen) atoms. The first kappa shape index (κ1) is 13.1. The highest BCUT2D eigenvalue weighted by Crippen LogP contribution is 2.12. The number of amides is 1. The molecule has 0 bridgehead atoms. The van der Waals surface area contributed by atoms with Crippen LogP contribution in [0.4, 0.5) is 5.82 Å². The minimum Gasteiger partial charge on any atom is -0.467 e. The van der Waals surface area contributed by atoms with Crippen molar-refractivity contribution < 1.29 is 9.21 Å². The maximum atomic E-state index is 12.1. The molecule has 0 aromatic carbocycles. The van der Waals surface area contributed by atoms with Gasteiger partial charge in [-0.2, -0.15) is 0 Å². The molecule has 2 aromatic heterocycles. The Morgan fingerprint density at radius 3 is 2.89 bits per heavy atom. The third kappa shape index (κ3) is 3.58. The average Bonchev–Trinajstić information content (AvgIpc) is 2.89. The number of nitrogens with one attached hydrogen (secondary N) is 2. The summed E-state index contributed by atoms with van der Waals surface area (Å²) >= 11 is 0. The first-order valence-corrected chi connectivity index (χ1v) is 6.19. The van der Waals surface area contributed by atoms with Gasteiger partial charge in [0, 0.05) is 12.2 Å². The van der Waals surface area contributed by atoms with E-state index in [-0.39, 0.29) is 11.9 Å². The highest BCUT2D eigenvalue weighted by Gasteiger charge is 2.12. The zero-order valence-electron chi connectivity index (χ0n) is 11.0. The summed E-state index contributed by atoms with van der Waals surface area (Å²) in [4.78, 5) is 16.3. The Balaban J connectivity index is 2.06. The van der Waals surface area contributed by atoms with E-state index >= 15 is 0 Å². The lowest BCUT2D eigenvalue weighted by Gasteiger charge is -2.13. The molecule has 0 saturated heterocycles. The Morgan fingerprint density at radius 1 is 1.37 bits per heavy atom. The first-order valence-electron chi connectivity index (χ1n) is 6.19. The van der Waals surface area contributed by atoms with Gasteiger partial charge in [0.2, 0.25) is 0 Å². The maximum absolute atomic E-state index is 12.1. The second kappa shape index (κ2) is 6.04. The molecule has 0 spiro atoms. The van der Waals surface area contributed by atoms with Crippen LogP contribution >= 0.6 is 0 Å². The summed E-state index contributed by atoms with van der Waals surface area (Å²) in [5.41, 5.74) is 0.530. The van der Waals surface area contributed by atoms with Crippen LogP contribution in [0.25, 0.3) is 0 Å². The molecular weight excluding hydrogens is 242 g/mol. The molecule has 0 aliphatic heterocycles. The molecule has 2 rings (SSSR count). The number of carbonyl (C=O) groups excluding carboxylic acids is 1. The van der Waals surface area contributed by atoms with Crippen molar-refractivity contribution in [2.45, 2.75) is 26.4 Å². The Hall–Kier alpha value is -2.30. The molecule has 0 radical (unpaired) electrons. The van der Waals surface area contributed by atoms with E-state index < -0.39 is 0 Å². The van der Waals surface area contributed by atoms with E-state index in [1.807, 2.05) is 19.9 Å². The van der Waals surface area contributed by atoms with E-state index in [9.17, 15) is 4.79 Å². The van der Waals surface area contributed by atoms with Gasteiger partial charge in [-0.25, -0.2) is 4.98 Å². The number of pyridine rings is 1. The lowest BCUT2D eigenvalue weighted by Crippen LogP contribution is -2.25. The fraction of sp³-hybridized carbons (Fsp3) is 0.286.